The van der Waals surface area contributed by atoms with E-state index in [1.54, 1.807) is 5.56 Å². The molecule has 0 radical (unpaired) electrons. The van der Waals surface area contributed by atoms with Crippen LogP contribution < -0.4 is 0 Å². The zero-order valence-electron chi connectivity index (χ0n) is 16.1. The first kappa shape index (κ1) is 17.2. The number of aryl methyl sites for hydroxylation is 1. The Balaban J connectivity index is 1.25. The minimum Gasteiger partial charge on any atom is -0.448 e. The molecule has 2 saturated heterocycles. The Hall–Kier alpha value is -1.88. The maximum Gasteiger partial charge on any atom is 0.296 e. The Kier molecular flexibility index (Phi) is 4.04. The van der Waals surface area contributed by atoms with E-state index in [1.807, 2.05) is 6.92 Å². The number of hydrogen-bond donors (Lipinski definition) is 0. The summed E-state index contributed by atoms with van der Waals surface area (Å²) in [6.45, 7) is 4.46. The maximum atomic E-state index is 12.6. The van der Waals surface area contributed by atoms with Gasteiger partial charge in [-0.3, -0.25) is 4.79 Å². The summed E-state index contributed by atoms with van der Waals surface area (Å²) in [5.41, 5.74) is 2.49. The van der Waals surface area contributed by atoms with Gasteiger partial charge in [-0.15, -0.1) is 0 Å². The number of benzene rings is 1. The van der Waals surface area contributed by atoms with Crippen LogP contribution in [0.3, 0.4) is 0 Å². The van der Waals surface area contributed by atoms with Crippen LogP contribution in [0.15, 0.2) is 29.3 Å². The Morgan fingerprint density at radius 2 is 2.04 bits per heavy atom. The Morgan fingerprint density at radius 1 is 1.22 bits per heavy atom. The first-order valence-electron chi connectivity index (χ1n) is 10.4. The van der Waals surface area contributed by atoms with Crippen LogP contribution in [0, 0.1) is 0 Å². The fourth-order valence-corrected chi connectivity index (χ4v) is 5.39. The van der Waals surface area contributed by atoms with Gasteiger partial charge in [-0.25, -0.2) is 0 Å². The van der Waals surface area contributed by atoms with E-state index in [-0.39, 0.29) is 12.0 Å². The molecule has 0 aromatic heterocycles. The summed E-state index contributed by atoms with van der Waals surface area (Å²) in [6.07, 6.45) is 7.42. The fraction of sp³-hybridized carbons (Fsp3) is 0.636. The second-order valence-corrected chi connectivity index (χ2v) is 8.80. The minimum atomic E-state index is -0.862. The van der Waals surface area contributed by atoms with E-state index in [0.29, 0.717) is 17.9 Å². The number of fused-ring (bicyclic) bond motifs is 2. The van der Waals surface area contributed by atoms with Crippen molar-refractivity contribution in [1.29, 1.82) is 0 Å². The second kappa shape index (κ2) is 6.33. The van der Waals surface area contributed by atoms with E-state index in [9.17, 15) is 4.79 Å². The average Bonchev–Trinajstić information content (AvgIpc) is 3.37. The van der Waals surface area contributed by atoms with Gasteiger partial charge in [0.15, 0.2) is 5.60 Å². The molecule has 0 N–H and O–H groups in total. The van der Waals surface area contributed by atoms with Crippen LogP contribution in [-0.2, 0) is 26.1 Å². The van der Waals surface area contributed by atoms with E-state index in [4.69, 9.17) is 9.47 Å². The molecule has 27 heavy (non-hydrogen) atoms. The molecule has 0 saturated carbocycles. The molecule has 1 amide bonds. The van der Waals surface area contributed by atoms with Gasteiger partial charge < -0.3 is 14.4 Å². The summed E-state index contributed by atoms with van der Waals surface area (Å²) in [6, 6.07) is 9.42. The zero-order valence-corrected chi connectivity index (χ0v) is 16.1. The molecule has 3 aliphatic heterocycles. The molecular weight excluding hydrogens is 340 g/mol. The minimum absolute atomic E-state index is 0.119. The number of hydrogen-bond acceptors (Lipinski definition) is 4. The van der Waals surface area contributed by atoms with E-state index >= 15 is 0 Å². The van der Waals surface area contributed by atoms with Crippen molar-refractivity contribution in [2.24, 2.45) is 4.99 Å². The SMILES string of the molecule is CC1(CC2CCCO2)OC(N2CCC3(CCc4ccccc43)CC2)=NC1=O. The van der Waals surface area contributed by atoms with Crippen molar-refractivity contribution in [1.82, 2.24) is 4.90 Å². The van der Waals surface area contributed by atoms with Crippen LogP contribution in [0.2, 0.25) is 0 Å². The summed E-state index contributed by atoms with van der Waals surface area (Å²) in [5.74, 6) is -0.153. The summed E-state index contributed by atoms with van der Waals surface area (Å²) in [4.78, 5) is 19.0. The van der Waals surface area contributed by atoms with Gasteiger partial charge in [-0.1, -0.05) is 24.3 Å². The monoisotopic (exact) mass is 368 g/mol. The lowest BCUT2D eigenvalue weighted by molar-refractivity contribution is -0.132. The van der Waals surface area contributed by atoms with E-state index in [2.05, 4.69) is 34.2 Å². The third-order valence-electron chi connectivity index (χ3n) is 7.06. The predicted molar refractivity (Wildman–Crippen MR) is 103 cm³/mol. The van der Waals surface area contributed by atoms with Crippen molar-refractivity contribution < 1.29 is 14.3 Å². The molecule has 5 nitrogen and oxygen atoms in total. The van der Waals surface area contributed by atoms with Crippen LogP contribution in [0.25, 0.3) is 0 Å². The highest BCUT2D eigenvalue weighted by atomic mass is 16.5. The van der Waals surface area contributed by atoms with Crippen LogP contribution in [0.4, 0.5) is 0 Å². The van der Waals surface area contributed by atoms with Gasteiger partial charge in [0, 0.05) is 26.1 Å². The van der Waals surface area contributed by atoms with Crippen LogP contribution >= 0.6 is 0 Å². The third kappa shape index (κ3) is 2.87. The average molecular weight is 368 g/mol. The lowest BCUT2D eigenvalue weighted by atomic mass is 9.74. The quantitative estimate of drug-likeness (QED) is 0.804. The molecule has 2 fully saturated rings. The van der Waals surface area contributed by atoms with Crippen molar-refractivity contribution >= 4 is 11.9 Å². The molecule has 144 valence electrons. The van der Waals surface area contributed by atoms with Gasteiger partial charge in [-0.05, 0) is 62.0 Å². The molecule has 0 bridgehead atoms. The first-order valence-corrected chi connectivity index (χ1v) is 10.4. The third-order valence-corrected chi connectivity index (χ3v) is 7.06. The molecular formula is C22H28N2O3. The highest BCUT2D eigenvalue weighted by molar-refractivity contribution is 6.01. The molecule has 1 aromatic carbocycles. The molecule has 3 heterocycles. The van der Waals surface area contributed by atoms with Gasteiger partial charge in [-0.2, -0.15) is 4.99 Å². The normalized spacial score (nSPS) is 31.9. The van der Waals surface area contributed by atoms with E-state index in [0.717, 1.165) is 45.4 Å². The van der Waals surface area contributed by atoms with E-state index < -0.39 is 5.60 Å². The van der Waals surface area contributed by atoms with Crippen molar-refractivity contribution in [3.8, 4) is 0 Å². The van der Waals surface area contributed by atoms with Crippen LogP contribution in [0.5, 0.6) is 0 Å². The van der Waals surface area contributed by atoms with Gasteiger partial charge in [0.2, 0.25) is 0 Å². The molecule has 1 aliphatic carbocycles. The number of rotatable bonds is 2. The molecule has 2 unspecified atom stereocenters. The van der Waals surface area contributed by atoms with Crippen molar-refractivity contribution in [2.75, 3.05) is 19.7 Å². The number of nitrogens with zero attached hydrogens (tertiary/aromatic N) is 2. The Labute approximate surface area is 160 Å². The Morgan fingerprint density at radius 3 is 2.81 bits per heavy atom. The second-order valence-electron chi connectivity index (χ2n) is 8.80. The number of amidine groups is 1. The fourth-order valence-electron chi connectivity index (χ4n) is 5.39. The number of aliphatic imine (C=N–C) groups is 1. The number of carbonyl (C=O) groups excluding carboxylic acids is 1. The predicted octanol–water partition coefficient (Wildman–Crippen LogP) is 3.21. The first-order chi connectivity index (χ1) is 13.1. The summed E-state index contributed by atoms with van der Waals surface area (Å²) < 4.78 is 11.8. The number of piperidine rings is 1. The largest absolute Gasteiger partial charge is 0.448 e. The topological polar surface area (TPSA) is 51.1 Å². The van der Waals surface area contributed by atoms with Crippen molar-refractivity contribution in [3.05, 3.63) is 35.4 Å². The van der Waals surface area contributed by atoms with Crippen LogP contribution in [0.1, 0.15) is 56.6 Å². The summed E-state index contributed by atoms with van der Waals surface area (Å²) in [7, 11) is 0. The molecule has 1 aromatic rings. The highest BCUT2D eigenvalue weighted by Crippen LogP contribution is 2.46. The van der Waals surface area contributed by atoms with Gasteiger partial charge in [0.1, 0.15) is 0 Å². The molecule has 5 rings (SSSR count). The number of carbonyl (C=O) groups is 1. The molecule has 2 atom stereocenters. The van der Waals surface area contributed by atoms with Gasteiger partial charge >= 0.3 is 0 Å². The number of ether oxygens (including phenoxy) is 2. The van der Waals surface area contributed by atoms with Crippen molar-refractivity contribution in [3.63, 3.8) is 0 Å². The van der Waals surface area contributed by atoms with Crippen LogP contribution in [-0.4, -0.2) is 48.2 Å². The molecule has 1 spiro atoms. The lowest BCUT2D eigenvalue weighted by Crippen LogP contribution is -2.46. The molecule has 4 aliphatic rings. The van der Waals surface area contributed by atoms with E-state index in [1.165, 1.54) is 18.4 Å². The van der Waals surface area contributed by atoms with Crippen molar-refractivity contribution in [2.45, 2.75) is 69.0 Å². The van der Waals surface area contributed by atoms with Gasteiger partial charge in [0.05, 0.1) is 6.10 Å². The standard InChI is InChI=1S/C22H28N2O3/c1-21(15-17-6-4-14-26-17)19(25)23-20(27-21)24-12-10-22(11-13-24)9-8-16-5-2-3-7-18(16)22/h2-3,5,7,17H,4,6,8-15H2,1H3. The zero-order chi connectivity index (χ0) is 18.5. The number of amides is 1. The lowest BCUT2D eigenvalue weighted by Gasteiger charge is -2.40. The highest BCUT2D eigenvalue weighted by Gasteiger charge is 2.48. The maximum absolute atomic E-state index is 12.6. The Bertz CT molecular complexity index is 776. The van der Waals surface area contributed by atoms with Gasteiger partial charge in [0.25, 0.3) is 11.9 Å². The molecule has 5 heteroatoms. The number of likely N-dealkylation sites (tertiary alicyclic amines) is 1. The smallest absolute Gasteiger partial charge is 0.296 e. The summed E-state index contributed by atoms with van der Waals surface area (Å²) >= 11 is 0. The summed E-state index contributed by atoms with van der Waals surface area (Å²) in [5, 5.41) is 0.